The minimum atomic E-state index is -1.21. The highest BCUT2D eigenvalue weighted by atomic mass is 79.9. The molecule has 0 aromatic heterocycles. The maximum absolute atomic E-state index is 12.9. The van der Waals surface area contributed by atoms with E-state index >= 15 is 0 Å². The zero-order valence-electron chi connectivity index (χ0n) is 15.1. The quantitative estimate of drug-likeness (QED) is 0.717. The lowest BCUT2D eigenvalue weighted by atomic mass is 9.92. The molecule has 1 unspecified atom stereocenters. The Balaban J connectivity index is 1.67. The summed E-state index contributed by atoms with van der Waals surface area (Å²) in [4.78, 5) is 38.4. The molecule has 4 amide bonds. The maximum Gasteiger partial charge on any atom is 0.325 e. The van der Waals surface area contributed by atoms with Crippen LogP contribution in [0.15, 0.2) is 53.0 Å². The topological polar surface area (TPSA) is 78.5 Å². The number of aryl methyl sites for hydroxylation is 1. The van der Waals surface area contributed by atoms with Crippen LogP contribution >= 0.6 is 15.9 Å². The minimum Gasteiger partial charge on any atom is -0.350 e. The minimum absolute atomic E-state index is 0.323. The van der Waals surface area contributed by atoms with Gasteiger partial charge in [0.05, 0.1) is 0 Å². The molecule has 0 spiro atoms. The summed E-state index contributed by atoms with van der Waals surface area (Å²) in [5.74, 6) is -0.847. The van der Waals surface area contributed by atoms with E-state index in [0.717, 1.165) is 16.0 Å². The Bertz CT molecular complexity index is 898. The molecule has 2 aromatic rings. The number of urea groups is 1. The summed E-state index contributed by atoms with van der Waals surface area (Å²) in [5, 5.41) is 5.44. The molecule has 1 atom stereocenters. The number of amides is 4. The van der Waals surface area contributed by atoms with Crippen molar-refractivity contribution in [3.8, 4) is 0 Å². The smallest absolute Gasteiger partial charge is 0.325 e. The first-order valence-electron chi connectivity index (χ1n) is 8.52. The van der Waals surface area contributed by atoms with Crippen LogP contribution in [0.1, 0.15) is 23.6 Å². The first-order valence-corrected chi connectivity index (χ1v) is 9.32. The zero-order chi connectivity index (χ0) is 19.6. The van der Waals surface area contributed by atoms with Crippen LogP contribution in [0.25, 0.3) is 0 Å². The molecule has 6 nitrogen and oxygen atoms in total. The number of rotatable bonds is 5. The third-order valence-electron chi connectivity index (χ3n) is 4.60. The van der Waals surface area contributed by atoms with Gasteiger partial charge in [-0.25, -0.2) is 4.79 Å². The van der Waals surface area contributed by atoms with E-state index in [1.165, 1.54) is 0 Å². The molecule has 2 N–H and O–H groups in total. The van der Waals surface area contributed by atoms with Crippen molar-refractivity contribution in [2.45, 2.75) is 25.9 Å². The molecular weight excluding hydrogens is 410 g/mol. The van der Waals surface area contributed by atoms with Gasteiger partial charge in [0, 0.05) is 16.6 Å². The van der Waals surface area contributed by atoms with Crippen LogP contribution in [0.5, 0.6) is 0 Å². The summed E-state index contributed by atoms with van der Waals surface area (Å²) in [6.45, 7) is 3.64. The summed E-state index contributed by atoms with van der Waals surface area (Å²) < 4.78 is 0.715. The third-order valence-corrected chi connectivity index (χ3v) is 5.29. The molecule has 7 heteroatoms. The number of benzene rings is 2. The van der Waals surface area contributed by atoms with Crippen LogP contribution in [0.4, 0.5) is 4.79 Å². The second kappa shape index (κ2) is 7.52. The van der Waals surface area contributed by atoms with Crippen LogP contribution in [-0.4, -0.2) is 29.3 Å². The van der Waals surface area contributed by atoms with Crippen LogP contribution in [0, 0.1) is 6.92 Å². The lowest BCUT2D eigenvalue weighted by Gasteiger charge is -2.23. The Hall–Kier alpha value is -2.67. The molecule has 0 saturated carbocycles. The number of carbonyl (C=O) groups excluding carboxylic acids is 3. The predicted molar refractivity (Wildman–Crippen MR) is 105 cm³/mol. The molecule has 1 aliphatic rings. The maximum atomic E-state index is 12.9. The first kappa shape index (κ1) is 19.1. The SMILES string of the molecule is Cc1ccc(CNC(=O)CN2C(=O)NC(C)(c3ccccc3Br)C2=O)cc1. The lowest BCUT2D eigenvalue weighted by Crippen LogP contribution is -2.43. The molecule has 1 heterocycles. The summed E-state index contributed by atoms with van der Waals surface area (Å²) in [7, 11) is 0. The number of hydrogen-bond donors (Lipinski definition) is 2. The number of hydrogen-bond acceptors (Lipinski definition) is 3. The summed E-state index contributed by atoms with van der Waals surface area (Å²) in [6, 6.07) is 14.4. The molecule has 1 fully saturated rings. The molecule has 2 aromatic carbocycles. The van der Waals surface area contributed by atoms with E-state index in [0.29, 0.717) is 16.6 Å². The van der Waals surface area contributed by atoms with Gasteiger partial charge in [-0.05, 0) is 25.5 Å². The van der Waals surface area contributed by atoms with E-state index in [9.17, 15) is 14.4 Å². The third kappa shape index (κ3) is 3.88. The van der Waals surface area contributed by atoms with Gasteiger partial charge in [-0.1, -0.05) is 64.0 Å². The van der Waals surface area contributed by atoms with Gasteiger partial charge < -0.3 is 10.6 Å². The van der Waals surface area contributed by atoms with Crippen molar-refractivity contribution in [1.82, 2.24) is 15.5 Å². The van der Waals surface area contributed by atoms with Crippen LogP contribution in [0.3, 0.4) is 0 Å². The predicted octanol–water partition coefficient (Wildman–Crippen LogP) is 2.84. The molecule has 0 aliphatic carbocycles. The van der Waals surface area contributed by atoms with Gasteiger partial charge in [-0.2, -0.15) is 0 Å². The van der Waals surface area contributed by atoms with Crippen molar-refractivity contribution in [3.63, 3.8) is 0 Å². The highest BCUT2D eigenvalue weighted by Gasteiger charge is 2.50. The highest BCUT2D eigenvalue weighted by molar-refractivity contribution is 9.10. The van der Waals surface area contributed by atoms with E-state index in [-0.39, 0.29) is 6.54 Å². The second-order valence-corrected chi connectivity index (χ2v) is 7.54. The molecule has 1 aliphatic heterocycles. The van der Waals surface area contributed by atoms with E-state index in [4.69, 9.17) is 0 Å². The van der Waals surface area contributed by atoms with Crippen molar-refractivity contribution in [2.24, 2.45) is 0 Å². The van der Waals surface area contributed by atoms with Crippen LogP contribution in [0.2, 0.25) is 0 Å². The van der Waals surface area contributed by atoms with Gasteiger partial charge in [0.25, 0.3) is 5.91 Å². The zero-order valence-corrected chi connectivity index (χ0v) is 16.7. The fraction of sp³-hybridized carbons (Fsp3) is 0.250. The van der Waals surface area contributed by atoms with E-state index in [1.54, 1.807) is 25.1 Å². The van der Waals surface area contributed by atoms with Gasteiger partial charge >= 0.3 is 6.03 Å². The van der Waals surface area contributed by atoms with Crippen molar-refractivity contribution >= 4 is 33.8 Å². The van der Waals surface area contributed by atoms with E-state index < -0.39 is 23.4 Å². The van der Waals surface area contributed by atoms with Crippen molar-refractivity contribution in [3.05, 3.63) is 69.7 Å². The second-order valence-electron chi connectivity index (χ2n) is 6.69. The molecule has 1 saturated heterocycles. The standard InChI is InChI=1S/C20H20BrN3O3/c1-13-7-9-14(10-8-13)11-22-17(25)12-24-18(26)20(2,23-19(24)27)15-5-3-4-6-16(15)21/h3-10H,11-12H2,1-2H3,(H,22,25)(H,23,27). The average Bonchev–Trinajstić information content (AvgIpc) is 2.85. The number of carbonyl (C=O) groups is 3. The van der Waals surface area contributed by atoms with Gasteiger partial charge in [-0.15, -0.1) is 0 Å². The number of nitrogens with zero attached hydrogens (tertiary/aromatic N) is 1. The van der Waals surface area contributed by atoms with E-state index in [2.05, 4.69) is 26.6 Å². The van der Waals surface area contributed by atoms with Gasteiger partial charge in [0.1, 0.15) is 12.1 Å². The van der Waals surface area contributed by atoms with E-state index in [1.807, 2.05) is 37.3 Å². The Morgan fingerprint density at radius 2 is 1.81 bits per heavy atom. The largest absolute Gasteiger partial charge is 0.350 e. The number of imide groups is 1. The van der Waals surface area contributed by atoms with Gasteiger partial charge in [0.2, 0.25) is 5.91 Å². The molecule has 27 heavy (non-hydrogen) atoms. The summed E-state index contributed by atoms with van der Waals surface area (Å²) in [6.07, 6.45) is 0. The Morgan fingerprint density at radius 1 is 1.15 bits per heavy atom. The summed E-state index contributed by atoms with van der Waals surface area (Å²) >= 11 is 3.41. The normalized spacial score (nSPS) is 19.1. The fourth-order valence-corrected chi connectivity index (χ4v) is 3.68. The average molecular weight is 430 g/mol. The lowest BCUT2D eigenvalue weighted by molar-refractivity contribution is -0.134. The Kier molecular flexibility index (Phi) is 5.32. The molecule has 140 valence electrons. The van der Waals surface area contributed by atoms with Crippen molar-refractivity contribution in [2.75, 3.05) is 6.54 Å². The van der Waals surface area contributed by atoms with Gasteiger partial charge in [0.15, 0.2) is 0 Å². The summed E-state index contributed by atoms with van der Waals surface area (Å²) in [5.41, 5.74) is 1.51. The molecular formula is C20H20BrN3O3. The molecule has 3 rings (SSSR count). The highest BCUT2D eigenvalue weighted by Crippen LogP contribution is 2.33. The van der Waals surface area contributed by atoms with Crippen molar-refractivity contribution in [1.29, 1.82) is 0 Å². The Morgan fingerprint density at radius 3 is 2.48 bits per heavy atom. The van der Waals surface area contributed by atoms with Crippen molar-refractivity contribution < 1.29 is 14.4 Å². The Labute approximate surface area is 166 Å². The molecule has 0 bridgehead atoms. The van der Waals surface area contributed by atoms with Gasteiger partial charge in [-0.3, -0.25) is 14.5 Å². The monoisotopic (exact) mass is 429 g/mol. The number of halogens is 1. The first-order chi connectivity index (χ1) is 12.8. The van der Waals surface area contributed by atoms with Crippen LogP contribution < -0.4 is 10.6 Å². The number of nitrogens with one attached hydrogen (secondary N) is 2. The van der Waals surface area contributed by atoms with Crippen LogP contribution in [-0.2, 0) is 21.7 Å². The fourth-order valence-electron chi connectivity index (χ4n) is 3.00. The molecule has 0 radical (unpaired) electrons.